The fourth-order valence-corrected chi connectivity index (χ4v) is 2.95. The van der Waals surface area contributed by atoms with E-state index >= 15 is 0 Å². The van der Waals surface area contributed by atoms with Gasteiger partial charge in [0.15, 0.2) is 0 Å². The first-order chi connectivity index (χ1) is 8.75. The zero-order chi connectivity index (χ0) is 12.8. The lowest BCUT2D eigenvalue weighted by atomic mass is 9.97. The van der Waals surface area contributed by atoms with Crippen LogP contribution in [0, 0.1) is 5.92 Å². The van der Waals surface area contributed by atoms with Gasteiger partial charge in [0.1, 0.15) is 0 Å². The van der Waals surface area contributed by atoms with E-state index in [1.807, 2.05) is 4.90 Å². The number of nitrogens with zero attached hydrogens (tertiary/aromatic N) is 1. The number of allylic oxidation sites excluding steroid dienone is 1. The first kappa shape index (κ1) is 13.4. The molecule has 2 rings (SSSR count). The number of carbonyl (C=O) groups is 1. The van der Waals surface area contributed by atoms with Crippen LogP contribution in [0.15, 0.2) is 11.6 Å². The molecule has 0 aromatic carbocycles. The summed E-state index contributed by atoms with van der Waals surface area (Å²) in [6.45, 7) is 4.88. The molecule has 1 fully saturated rings. The Balaban J connectivity index is 1.66. The van der Waals surface area contributed by atoms with E-state index < -0.39 is 0 Å². The van der Waals surface area contributed by atoms with Gasteiger partial charge in [0.25, 0.3) is 0 Å². The van der Waals surface area contributed by atoms with Gasteiger partial charge in [-0.05, 0) is 50.9 Å². The third kappa shape index (κ3) is 4.04. The Morgan fingerprint density at radius 3 is 3.06 bits per heavy atom. The fraction of sp³-hybridized carbons (Fsp3) is 0.800. The van der Waals surface area contributed by atoms with Crippen molar-refractivity contribution < 1.29 is 4.79 Å². The van der Waals surface area contributed by atoms with Gasteiger partial charge in [-0.15, -0.1) is 0 Å². The van der Waals surface area contributed by atoms with E-state index in [0.29, 0.717) is 5.92 Å². The summed E-state index contributed by atoms with van der Waals surface area (Å²) in [6.07, 6.45) is 10.9. The minimum atomic E-state index is 0.137. The molecule has 1 heterocycles. The van der Waals surface area contributed by atoms with Crippen molar-refractivity contribution in [3.8, 4) is 0 Å². The molecule has 1 atom stereocenters. The summed E-state index contributed by atoms with van der Waals surface area (Å²) in [6, 6.07) is 0.137. The monoisotopic (exact) mass is 250 g/mol. The predicted molar refractivity (Wildman–Crippen MR) is 74.5 cm³/mol. The highest BCUT2D eigenvalue weighted by atomic mass is 16.2. The van der Waals surface area contributed by atoms with Crippen LogP contribution in [0.1, 0.15) is 51.9 Å². The molecule has 1 aliphatic heterocycles. The summed E-state index contributed by atoms with van der Waals surface area (Å²) in [5.41, 5.74) is 1.54. The van der Waals surface area contributed by atoms with Crippen LogP contribution in [-0.2, 0) is 0 Å². The summed E-state index contributed by atoms with van der Waals surface area (Å²) in [5.74, 6) is 0.658. The maximum absolute atomic E-state index is 12.0. The summed E-state index contributed by atoms with van der Waals surface area (Å²) in [4.78, 5) is 14.0. The van der Waals surface area contributed by atoms with Crippen LogP contribution in [0.3, 0.4) is 0 Å². The van der Waals surface area contributed by atoms with E-state index in [9.17, 15) is 4.79 Å². The van der Waals surface area contributed by atoms with Crippen molar-refractivity contribution in [3.63, 3.8) is 0 Å². The third-order valence-electron chi connectivity index (χ3n) is 4.05. The standard InChI is InChI=1S/C15H26N2O/c1-13-6-5-11-17(12-13)15(18)16-10-9-14-7-3-2-4-8-14/h7,13H,2-6,8-12H2,1H3,(H,16,18). The number of hydrogen-bond donors (Lipinski definition) is 1. The minimum Gasteiger partial charge on any atom is -0.338 e. The Kier molecular flexibility index (Phi) is 5.09. The number of likely N-dealkylation sites (tertiary alicyclic amines) is 1. The maximum Gasteiger partial charge on any atom is 0.317 e. The normalized spacial score (nSPS) is 24.6. The van der Waals surface area contributed by atoms with Gasteiger partial charge < -0.3 is 10.2 Å². The quantitative estimate of drug-likeness (QED) is 0.766. The van der Waals surface area contributed by atoms with Crippen molar-refractivity contribution in [2.75, 3.05) is 19.6 Å². The SMILES string of the molecule is CC1CCCN(C(=O)NCCC2=CCCCC2)C1. The van der Waals surface area contributed by atoms with Gasteiger partial charge in [-0.25, -0.2) is 4.79 Å². The van der Waals surface area contributed by atoms with Crippen LogP contribution in [0.25, 0.3) is 0 Å². The molecule has 2 aliphatic rings. The molecule has 18 heavy (non-hydrogen) atoms. The fourth-order valence-electron chi connectivity index (χ4n) is 2.95. The lowest BCUT2D eigenvalue weighted by molar-refractivity contribution is 0.170. The van der Waals surface area contributed by atoms with E-state index in [2.05, 4.69) is 18.3 Å². The number of carbonyl (C=O) groups excluding carboxylic acids is 1. The summed E-state index contributed by atoms with van der Waals surface area (Å²) >= 11 is 0. The Morgan fingerprint density at radius 2 is 2.33 bits per heavy atom. The van der Waals surface area contributed by atoms with Gasteiger partial charge in [-0.1, -0.05) is 18.6 Å². The summed E-state index contributed by atoms with van der Waals surface area (Å²) in [7, 11) is 0. The largest absolute Gasteiger partial charge is 0.338 e. The van der Waals surface area contributed by atoms with Crippen LogP contribution in [-0.4, -0.2) is 30.6 Å². The molecule has 1 saturated heterocycles. The third-order valence-corrected chi connectivity index (χ3v) is 4.05. The number of piperidine rings is 1. The first-order valence-corrected chi connectivity index (χ1v) is 7.46. The Hall–Kier alpha value is -0.990. The van der Waals surface area contributed by atoms with Crippen molar-refractivity contribution in [1.29, 1.82) is 0 Å². The Bertz CT molecular complexity index is 312. The second-order valence-corrected chi connectivity index (χ2v) is 5.78. The number of nitrogens with one attached hydrogen (secondary N) is 1. The Morgan fingerprint density at radius 1 is 1.44 bits per heavy atom. The van der Waals surface area contributed by atoms with Gasteiger partial charge in [-0.2, -0.15) is 0 Å². The Labute approximate surface area is 111 Å². The van der Waals surface area contributed by atoms with Crippen LogP contribution in [0.5, 0.6) is 0 Å². The van der Waals surface area contributed by atoms with Crippen LogP contribution >= 0.6 is 0 Å². The average Bonchev–Trinajstić information content (AvgIpc) is 2.40. The average molecular weight is 250 g/mol. The molecule has 3 heteroatoms. The summed E-state index contributed by atoms with van der Waals surface area (Å²) in [5, 5.41) is 3.07. The first-order valence-electron chi connectivity index (χ1n) is 7.46. The van der Waals surface area contributed by atoms with Crippen LogP contribution < -0.4 is 5.32 Å². The number of rotatable bonds is 3. The van der Waals surface area contributed by atoms with Gasteiger partial charge in [0, 0.05) is 19.6 Å². The highest BCUT2D eigenvalue weighted by molar-refractivity contribution is 5.74. The highest BCUT2D eigenvalue weighted by Gasteiger charge is 2.20. The lowest BCUT2D eigenvalue weighted by Gasteiger charge is -2.31. The van der Waals surface area contributed by atoms with Gasteiger partial charge in [0.2, 0.25) is 0 Å². The maximum atomic E-state index is 12.0. The molecular weight excluding hydrogens is 224 g/mol. The van der Waals surface area contributed by atoms with Crippen molar-refractivity contribution in [3.05, 3.63) is 11.6 Å². The number of hydrogen-bond acceptors (Lipinski definition) is 1. The van der Waals surface area contributed by atoms with Gasteiger partial charge in [0.05, 0.1) is 0 Å². The van der Waals surface area contributed by atoms with Crippen molar-refractivity contribution >= 4 is 6.03 Å². The topological polar surface area (TPSA) is 32.3 Å². The van der Waals surface area contributed by atoms with E-state index in [1.54, 1.807) is 0 Å². The minimum absolute atomic E-state index is 0.137. The lowest BCUT2D eigenvalue weighted by Crippen LogP contribution is -2.45. The second kappa shape index (κ2) is 6.81. The molecular formula is C15H26N2O. The van der Waals surface area contributed by atoms with Crippen molar-refractivity contribution in [2.24, 2.45) is 5.92 Å². The molecule has 1 aliphatic carbocycles. The van der Waals surface area contributed by atoms with Gasteiger partial charge >= 0.3 is 6.03 Å². The molecule has 102 valence electrons. The number of amides is 2. The molecule has 0 spiro atoms. The zero-order valence-corrected chi connectivity index (χ0v) is 11.6. The van der Waals surface area contributed by atoms with E-state index in [-0.39, 0.29) is 6.03 Å². The molecule has 3 nitrogen and oxygen atoms in total. The summed E-state index contributed by atoms with van der Waals surface area (Å²) < 4.78 is 0. The van der Waals surface area contributed by atoms with E-state index in [1.165, 1.54) is 37.7 Å². The van der Waals surface area contributed by atoms with Crippen LogP contribution in [0.4, 0.5) is 4.79 Å². The highest BCUT2D eigenvalue weighted by Crippen LogP contribution is 2.19. The van der Waals surface area contributed by atoms with Crippen molar-refractivity contribution in [1.82, 2.24) is 10.2 Å². The molecule has 0 aromatic rings. The smallest absolute Gasteiger partial charge is 0.317 e. The van der Waals surface area contributed by atoms with Crippen LogP contribution in [0.2, 0.25) is 0 Å². The second-order valence-electron chi connectivity index (χ2n) is 5.78. The molecule has 0 bridgehead atoms. The predicted octanol–water partition coefficient (Wildman–Crippen LogP) is 3.32. The van der Waals surface area contributed by atoms with Gasteiger partial charge in [-0.3, -0.25) is 0 Å². The molecule has 0 saturated carbocycles. The number of urea groups is 1. The molecule has 0 aromatic heterocycles. The molecule has 1 N–H and O–H groups in total. The van der Waals surface area contributed by atoms with E-state index in [0.717, 1.165) is 32.5 Å². The van der Waals surface area contributed by atoms with E-state index in [4.69, 9.17) is 0 Å². The molecule has 2 amide bonds. The molecule has 1 unspecified atom stereocenters. The zero-order valence-electron chi connectivity index (χ0n) is 11.6. The molecule has 0 radical (unpaired) electrons. The van der Waals surface area contributed by atoms with Crippen molar-refractivity contribution in [2.45, 2.75) is 51.9 Å².